The molecule has 0 amide bonds. The molecule has 0 fully saturated rings. The van der Waals surface area contributed by atoms with Crippen molar-refractivity contribution in [2.24, 2.45) is 5.14 Å². The molecule has 0 spiro atoms. The van der Waals surface area contributed by atoms with Crippen LogP contribution in [0.4, 0.5) is 0 Å². The first kappa shape index (κ1) is 16.5. The lowest BCUT2D eigenvalue weighted by molar-refractivity contribution is 0.590. The molecule has 6 heteroatoms. The minimum Gasteiger partial charge on any atom is -0.225 e. The molecule has 0 bridgehead atoms. The topological polar surface area (TPSA) is 60.2 Å². The van der Waals surface area contributed by atoms with E-state index in [1.807, 2.05) is 31.4 Å². The van der Waals surface area contributed by atoms with Crippen molar-refractivity contribution in [1.29, 1.82) is 0 Å². The molecule has 3 nitrogen and oxygen atoms in total. The molecule has 1 aromatic heterocycles. The number of sulfonamides is 1. The summed E-state index contributed by atoms with van der Waals surface area (Å²) < 4.78 is 23.6. The van der Waals surface area contributed by atoms with Crippen molar-refractivity contribution in [2.45, 2.75) is 37.5 Å². The number of hydrogen-bond acceptors (Lipinski definition) is 3. The first-order valence-electron chi connectivity index (χ1n) is 6.68. The molecule has 0 aliphatic rings. The maximum atomic E-state index is 11.8. The zero-order chi connectivity index (χ0) is 15.6. The lowest BCUT2D eigenvalue weighted by atomic mass is 9.91. The van der Waals surface area contributed by atoms with Gasteiger partial charge in [0, 0.05) is 4.88 Å². The van der Waals surface area contributed by atoms with Crippen LogP contribution in [0.2, 0.25) is 5.02 Å². The molecule has 1 unspecified atom stereocenters. The van der Waals surface area contributed by atoms with E-state index in [4.69, 9.17) is 16.7 Å². The van der Waals surface area contributed by atoms with Crippen molar-refractivity contribution in [2.75, 3.05) is 0 Å². The van der Waals surface area contributed by atoms with Crippen LogP contribution < -0.4 is 5.14 Å². The lowest BCUT2D eigenvalue weighted by Crippen LogP contribution is -2.17. The van der Waals surface area contributed by atoms with Gasteiger partial charge in [-0.2, -0.15) is 0 Å². The Morgan fingerprint density at radius 1 is 1.33 bits per heavy atom. The molecular formula is C15H18ClNO2S2. The van der Waals surface area contributed by atoms with E-state index in [-0.39, 0.29) is 10.8 Å². The number of primary sulfonamides is 1. The quantitative estimate of drug-likeness (QED) is 0.888. The Hall–Kier alpha value is -0.880. The highest BCUT2D eigenvalue weighted by Gasteiger charge is 2.21. The normalized spacial score (nSPS) is 13.3. The summed E-state index contributed by atoms with van der Waals surface area (Å²) in [5.74, 6) is 0.0781. The van der Waals surface area contributed by atoms with Gasteiger partial charge in [-0.25, -0.2) is 13.6 Å². The summed E-state index contributed by atoms with van der Waals surface area (Å²) in [4.78, 5) is 1.29. The molecule has 21 heavy (non-hydrogen) atoms. The average Bonchev–Trinajstić information content (AvgIpc) is 2.79. The van der Waals surface area contributed by atoms with Gasteiger partial charge in [0.1, 0.15) is 0 Å². The highest BCUT2D eigenvalue weighted by Crippen LogP contribution is 2.34. The van der Waals surface area contributed by atoms with Crippen molar-refractivity contribution in [1.82, 2.24) is 0 Å². The van der Waals surface area contributed by atoms with Crippen molar-refractivity contribution in [3.8, 4) is 0 Å². The largest absolute Gasteiger partial charge is 0.238 e. The van der Waals surface area contributed by atoms with E-state index in [2.05, 4.69) is 0 Å². The van der Waals surface area contributed by atoms with Crippen LogP contribution in [0.3, 0.4) is 0 Å². The van der Waals surface area contributed by atoms with Crippen molar-refractivity contribution >= 4 is 33.0 Å². The van der Waals surface area contributed by atoms with Gasteiger partial charge < -0.3 is 0 Å². The molecular weight excluding hydrogens is 326 g/mol. The average molecular weight is 344 g/mol. The minimum atomic E-state index is -3.72. The third-order valence-corrected chi connectivity index (χ3v) is 5.92. The van der Waals surface area contributed by atoms with Crippen LogP contribution in [-0.2, 0) is 16.4 Å². The maximum Gasteiger partial charge on any atom is 0.238 e. The molecule has 2 aromatic rings. The van der Waals surface area contributed by atoms with Gasteiger partial charge in [0.2, 0.25) is 10.0 Å². The minimum absolute atomic E-state index is 0.0781. The van der Waals surface area contributed by atoms with Crippen LogP contribution in [0, 0.1) is 6.92 Å². The van der Waals surface area contributed by atoms with Crippen LogP contribution in [0.25, 0.3) is 0 Å². The molecule has 0 radical (unpaired) electrons. The summed E-state index contributed by atoms with van der Waals surface area (Å²) in [6.45, 7) is 3.99. The number of benzene rings is 1. The van der Waals surface area contributed by atoms with Gasteiger partial charge in [-0.05, 0) is 48.8 Å². The standard InChI is InChI=1S/C15H18ClNO2S2/c1-3-11(9-14-13(16)6-7-20-14)12-8-10(2)4-5-15(12)21(17,18)19/h4-8,11H,3,9H2,1-2H3,(H2,17,18,19). The van der Waals surface area contributed by atoms with Crippen LogP contribution in [0.1, 0.15) is 35.3 Å². The fourth-order valence-corrected chi connectivity index (χ4v) is 4.42. The predicted octanol–water partition coefficient (Wildman–Crippen LogP) is 4.09. The number of halogens is 1. The monoisotopic (exact) mass is 343 g/mol. The Balaban J connectivity index is 2.47. The summed E-state index contributed by atoms with van der Waals surface area (Å²) in [5.41, 5.74) is 1.80. The van der Waals surface area contributed by atoms with E-state index in [9.17, 15) is 8.42 Å². The van der Waals surface area contributed by atoms with Crippen molar-refractivity contribution < 1.29 is 8.42 Å². The Labute approximate surface area is 134 Å². The summed E-state index contributed by atoms with van der Waals surface area (Å²) in [5, 5.41) is 8.04. The zero-order valence-corrected chi connectivity index (χ0v) is 14.4. The van der Waals surface area contributed by atoms with Crippen LogP contribution in [0.5, 0.6) is 0 Å². The van der Waals surface area contributed by atoms with Gasteiger partial charge in [-0.15, -0.1) is 11.3 Å². The SMILES string of the molecule is CCC(Cc1sccc1Cl)c1cc(C)ccc1S(N)(=O)=O. The second-order valence-electron chi connectivity index (χ2n) is 5.09. The number of nitrogens with two attached hydrogens (primary N) is 1. The lowest BCUT2D eigenvalue weighted by Gasteiger charge is -2.18. The van der Waals surface area contributed by atoms with E-state index in [0.717, 1.165) is 33.9 Å². The summed E-state index contributed by atoms with van der Waals surface area (Å²) in [7, 11) is -3.72. The first-order valence-corrected chi connectivity index (χ1v) is 9.48. The maximum absolute atomic E-state index is 11.8. The summed E-state index contributed by atoms with van der Waals surface area (Å²) in [6.07, 6.45) is 1.54. The highest BCUT2D eigenvalue weighted by atomic mass is 35.5. The molecule has 1 heterocycles. The highest BCUT2D eigenvalue weighted by molar-refractivity contribution is 7.89. The van der Waals surface area contributed by atoms with E-state index in [1.54, 1.807) is 23.5 Å². The number of thiophene rings is 1. The number of hydrogen-bond donors (Lipinski definition) is 1. The molecule has 1 aromatic carbocycles. The molecule has 0 aliphatic heterocycles. The fourth-order valence-electron chi connectivity index (χ4n) is 2.41. The smallest absolute Gasteiger partial charge is 0.225 e. The van der Waals surface area contributed by atoms with Gasteiger partial charge in [0.25, 0.3) is 0 Å². The summed E-state index contributed by atoms with van der Waals surface area (Å²) in [6, 6.07) is 7.15. The number of rotatable bonds is 5. The van der Waals surface area contributed by atoms with E-state index in [1.165, 1.54) is 0 Å². The van der Waals surface area contributed by atoms with E-state index >= 15 is 0 Å². The molecule has 114 valence electrons. The van der Waals surface area contributed by atoms with Gasteiger partial charge in [-0.1, -0.05) is 36.2 Å². The van der Waals surface area contributed by atoms with Crippen LogP contribution in [-0.4, -0.2) is 8.42 Å². The van der Waals surface area contributed by atoms with Gasteiger partial charge in [0.05, 0.1) is 9.92 Å². The predicted molar refractivity (Wildman–Crippen MR) is 88.6 cm³/mol. The molecule has 2 N–H and O–H groups in total. The fraction of sp³-hybridized carbons (Fsp3) is 0.333. The molecule has 2 rings (SSSR count). The van der Waals surface area contributed by atoms with E-state index < -0.39 is 10.0 Å². The van der Waals surface area contributed by atoms with Crippen LogP contribution >= 0.6 is 22.9 Å². The second-order valence-corrected chi connectivity index (χ2v) is 8.03. The van der Waals surface area contributed by atoms with E-state index in [0.29, 0.717) is 0 Å². The van der Waals surface area contributed by atoms with Crippen LogP contribution in [0.15, 0.2) is 34.5 Å². The zero-order valence-electron chi connectivity index (χ0n) is 12.0. The third kappa shape index (κ3) is 3.86. The Morgan fingerprint density at radius 2 is 2.05 bits per heavy atom. The molecule has 0 aliphatic carbocycles. The molecule has 1 atom stereocenters. The second kappa shape index (κ2) is 6.48. The van der Waals surface area contributed by atoms with Crippen molar-refractivity contribution in [3.63, 3.8) is 0 Å². The van der Waals surface area contributed by atoms with Crippen molar-refractivity contribution in [3.05, 3.63) is 50.7 Å². The first-order chi connectivity index (χ1) is 9.82. The summed E-state index contributed by atoms with van der Waals surface area (Å²) >= 11 is 7.75. The van der Waals surface area contributed by atoms with Gasteiger partial charge in [0.15, 0.2) is 0 Å². The molecule has 0 saturated carbocycles. The number of aryl methyl sites for hydroxylation is 1. The Kier molecular flexibility index (Phi) is 5.09. The van der Waals surface area contributed by atoms with Gasteiger partial charge in [-0.3, -0.25) is 0 Å². The Bertz CT molecular complexity index is 738. The van der Waals surface area contributed by atoms with Gasteiger partial charge >= 0.3 is 0 Å². The third-order valence-electron chi connectivity index (χ3n) is 3.53. The molecule has 0 saturated heterocycles. The Morgan fingerprint density at radius 3 is 2.57 bits per heavy atom.